The molecule has 0 spiro atoms. The number of hydrogen-bond acceptors (Lipinski definition) is 2. The molecule has 0 aromatic rings. The molecule has 0 aliphatic rings. The fraction of sp³-hybridized carbons (Fsp3) is 0.714. The van der Waals surface area contributed by atoms with Crippen LogP contribution in [0, 0.1) is 0 Å². The Morgan fingerprint density at radius 2 is 2.22 bits per heavy atom. The highest BCUT2D eigenvalue weighted by Gasteiger charge is 1.75. The second-order valence-corrected chi connectivity index (χ2v) is 1.78. The molecule has 54 valence electrons. The molecule has 1 N–H and O–H groups in total. The van der Waals surface area contributed by atoms with Gasteiger partial charge in [-0.15, -0.1) is 0 Å². The third kappa shape index (κ3) is 7.50. The summed E-state index contributed by atoms with van der Waals surface area (Å²) in [4.78, 5) is 4.95. The predicted molar refractivity (Wildman–Crippen MR) is 38.8 cm³/mol. The first-order valence-electron chi connectivity index (χ1n) is 3.44. The van der Waals surface area contributed by atoms with Crippen LogP contribution in [0.5, 0.6) is 0 Å². The molecular formula is C7H15NO. The predicted octanol–water partition coefficient (Wildman–Crippen LogP) is 1.84. The highest BCUT2D eigenvalue weighted by Crippen LogP contribution is 1.77. The average molecular weight is 129 g/mol. The van der Waals surface area contributed by atoms with Gasteiger partial charge in [-0.25, -0.2) is 0 Å². The van der Waals surface area contributed by atoms with Crippen LogP contribution in [0.3, 0.4) is 0 Å². The Kier molecular flexibility index (Phi) is 7.08. The maximum Gasteiger partial charge on any atom is 0.0743 e. The van der Waals surface area contributed by atoms with Gasteiger partial charge in [0.1, 0.15) is 0 Å². The van der Waals surface area contributed by atoms with E-state index in [-0.39, 0.29) is 0 Å². The van der Waals surface area contributed by atoms with E-state index in [4.69, 9.17) is 4.84 Å². The van der Waals surface area contributed by atoms with E-state index in [2.05, 4.69) is 19.3 Å². The summed E-state index contributed by atoms with van der Waals surface area (Å²) in [6, 6.07) is 0. The average Bonchev–Trinajstić information content (AvgIpc) is 1.89. The maximum atomic E-state index is 4.95. The molecule has 0 amide bonds. The summed E-state index contributed by atoms with van der Waals surface area (Å²) in [5.41, 5.74) is 2.71. The molecule has 0 fully saturated rings. The number of rotatable bonds is 5. The Balaban J connectivity index is 2.82. The molecule has 0 aliphatic heterocycles. The molecule has 0 aromatic carbocycles. The summed E-state index contributed by atoms with van der Waals surface area (Å²) in [7, 11) is 0. The van der Waals surface area contributed by atoms with Crippen LogP contribution in [0.2, 0.25) is 0 Å². The molecule has 0 aromatic heterocycles. The molecule has 2 heteroatoms. The van der Waals surface area contributed by atoms with Crippen molar-refractivity contribution >= 4 is 0 Å². The van der Waals surface area contributed by atoms with E-state index in [1.165, 1.54) is 0 Å². The van der Waals surface area contributed by atoms with Gasteiger partial charge in [-0.3, -0.25) is 10.3 Å². The highest BCUT2D eigenvalue weighted by molar-refractivity contribution is 4.73. The van der Waals surface area contributed by atoms with E-state index in [9.17, 15) is 0 Å². The van der Waals surface area contributed by atoms with Gasteiger partial charge in [0.15, 0.2) is 0 Å². The topological polar surface area (TPSA) is 21.3 Å². The quantitative estimate of drug-likeness (QED) is 0.451. The number of hydrogen-bond donors (Lipinski definition) is 1. The van der Waals surface area contributed by atoms with E-state index in [1.807, 2.05) is 12.3 Å². The molecule has 2 nitrogen and oxygen atoms in total. The second-order valence-electron chi connectivity index (χ2n) is 1.78. The van der Waals surface area contributed by atoms with Crippen LogP contribution in [0.25, 0.3) is 0 Å². The van der Waals surface area contributed by atoms with Gasteiger partial charge in [0, 0.05) is 6.20 Å². The zero-order valence-electron chi connectivity index (χ0n) is 6.18. The fourth-order valence-electron chi connectivity index (χ4n) is 0.375. The molecule has 0 heterocycles. The minimum atomic E-state index is 0.772. The summed E-state index contributed by atoms with van der Waals surface area (Å²) in [5.74, 6) is 0. The minimum absolute atomic E-state index is 0.772. The lowest BCUT2D eigenvalue weighted by molar-refractivity contribution is 0.0717. The zero-order valence-corrected chi connectivity index (χ0v) is 6.18. The van der Waals surface area contributed by atoms with Gasteiger partial charge in [-0.05, 0) is 12.8 Å². The SMILES string of the molecule is CC/C=C/NOCCC. The van der Waals surface area contributed by atoms with Crippen molar-refractivity contribution in [3.63, 3.8) is 0 Å². The van der Waals surface area contributed by atoms with Crippen molar-refractivity contribution in [1.29, 1.82) is 0 Å². The monoisotopic (exact) mass is 129 g/mol. The van der Waals surface area contributed by atoms with Crippen molar-refractivity contribution in [2.75, 3.05) is 6.61 Å². The zero-order chi connectivity index (χ0) is 6.95. The van der Waals surface area contributed by atoms with Crippen molar-refractivity contribution < 1.29 is 4.84 Å². The molecule has 0 bridgehead atoms. The second kappa shape index (κ2) is 7.50. The molecule has 0 saturated carbocycles. The van der Waals surface area contributed by atoms with Crippen molar-refractivity contribution in [2.45, 2.75) is 26.7 Å². The Morgan fingerprint density at radius 3 is 2.78 bits per heavy atom. The lowest BCUT2D eigenvalue weighted by atomic mass is 10.5. The van der Waals surface area contributed by atoms with Gasteiger partial charge in [0.25, 0.3) is 0 Å². The summed E-state index contributed by atoms with van der Waals surface area (Å²) in [6.07, 6.45) is 5.92. The van der Waals surface area contributed by atoms with Crippen LogP contribution in [-0.2, 0) is 4.84 Å². The highest BCUT2D eigenvalue weighted by atomic mass is 16.6. The Bertz CT molecular complexity index is 71.3. The van der Waals surface area contributed by atoms with Crippen LogP contribution in [-0.4, -0.2) is 6.61 Å². The first-order chi connectivity index (χ1) is 4.41. The summed E-state index contributed by atoms with van der Waals surface area (Å²) in [5, 5.41) is 0. The summed E-state index contributed by atoms with van der Waals surface area (Å²) >= 11 is 0. The summed E-state index contributed by atoms with van der Waals surface area (Å²) in [6.45, 7) is 4.93. The molecule has 0 unspecified atom stereocenters. The third-order valence-electron chi connectivity index (χ3n) is 0.811. The standard InChI is InChI=1S/C7H15NO/c1-3-5-6-8-9-7-4-2/h5-6,8H,3-4,7H2,1-2H3/b6-5+. The van der Waals surface area contributed by atoms with Crippen LogP contribution in [0.15, 0.2) is 12.3 Å². The van der Waals surface area contributed by atoms with Crippen molar-refractivity contribution in [1.82, 2.24) is 5.48 Å². The Labute approximate surface area is 56.9 Å². The van der Waals surface area contributed by atoms with Gasteiger partial charge in [0.05, 0.1) is 6.61 Å². The first-order valence-corrected chi connectivity index (χ1v) is 3.44. The number of hydroxylamine groups is 1. The van der Waals surface area contributed by atoms with Gasteiger partial charge in [-0.2, -0.15) is 0 Å². The van der Waals surface area contributed by atoms with Crippen LogP contribution >= 0.6 is 0 Å². The van der Waals surface area contributed by atoms with Gasteiger partial charge in [-0.1, -0.05) is 19.9 Å². The maximum absolute atomic E-state index is 4.95. The number of allylic oxidation sites excluding steroid dienone is 1. The number of nitrogens with one attached hydrogen (secondary N) is 1. The smallest absolute Gasteiger partial charge is 0.0743 e. The van der Waals surface area contributed by atoms with Crippen LogP contribution in [0.4, 0.5) is 0 Å². The van der Waals surface area contributed by atoms with Gasteiger partial charge < -0.3 is 0 Å². The Morgan fingerprint density at radius 1 is 1.44 bits per heavy atom. The van der Waals surface area contributed by atoms with E-state index in [0.717, 1.165) is 19.4 Å². The van der Waals surface area contributed by atoms with E-state index >= 15 is 0 Å². The van der Waals surface area contributed by atoms with E-state index < -0.39 is 0 Å². The largest absolute Gasteiger partial charge is 0.277 e. The molecule has 0 saturated heterocycles. The van der Waals surface area contributed by atoms with Crippen LogP contribution in [0.1, 0.15) is 26.7 Å². The van der Waals surface area contributed by atoms with Crippen molar-refractivity contribution in [3.05, 3.63) is 12.3 Å². The van der Waals surface area contributed by atoms with Crippen LogP contribution < -0.4 is 5.48 Å². The van der Waals surface area contributed by atoms with E-state index in [1.54, 1.807) is 0 Å². The fourth-order valence-corrected chi connectivity index (χ4v) is 0.375. The van der Waals surface area contributed by atoms with Crippen molar-refractivity contribution in [2.24, 2.45) is 0 Å². The van der Waals surface area contributed by atoms with Gasteiger partial charge in [0.2, 0.25) is 0 Å². The lowest BCUT2D eigenvalue weighted by Crippen LogP contribution is -2.06. The minimum Gasteiger partial charge on any atom is -0.277 e. The first kappa shape index (κ1) is 8.50. The van der Waals surface area contributed by atoms with E-state index in [0.29, 0.717) is 0 Å². The third-order valence-corrected chi connectivity index (χ3v) is 0.811. The lowest BCUT2D eigenvalue weighted by Gasteiger charge is -1.97. The molecule has 9 heavy (non-hydrogen) atoms. The molecular weight excluding hydrogens is 114 g/mol. The van der Waals surface area contributed by atoms with Crippen molar-refractivity contribution in [3.8, 4) is 0 Å². The summed E-state index contributed by atoms with van der Waals surface area (Å²) < 4.78 is 0. The molecule has 0 aliphatic carbocycles. The Hall–Kier alpha value is -0.500. The molecule has 0 radical (unpaired) electrons. The van der Waals surface area contributed by atoms with Gasteiger partial charge >= 0.3 is 0 Å². The normalized spacial score (nSPS) is 10.4. The molecule has 0 rings (SSSR count). The molecule has 0 atom stereocenters.